The molecule has 0 aromatic carbocycles. The van der Waals surface area contributed by atoms with Crippen LogP contribution >= 0.6 is 0 Å². The number of unbranched alkanes of at least 4 members (excludes halogenated alkanes) is 8. The Bertz CT molecular complexity index is 431. The molecule has 0 unspecified atom stereocenters. The van der Waals surface area contributed by atoms with Crippen LogP contribution in [0.15, 0.2) is 23.5 Å². The lowest BCUT2D eigenvalue weighted by Gasteiger charge is -2.26. The van der Waals surface area contributed by atoms with Crippen molar-refractivity contribution in [3.05, 3.63) is 23.5 Å². The van der Waals surface area contributed by atoms with Crippen molar-refractivity contribution in [2.24, 2.45) is 0 Å². The third-order valence-electron chi connectivity index (χ3n) is 4.48. The second-order valence-electron chi connectivity index (χ2n) is 6.57. The maximum atomic E-state index is 12.3. The van der Waals surface area contributed by atoms with E-state index in [9.17, 15) is 9.59 Å². The van der Waals surface area contributed by atoms with Crippen molar-refractivity contribution in [3.8, 4) is 0 Å². The van der Waals surface area contributed by atoms with Gasteiger partial charge in [0.05, 0.1) is 0 Å². The Kier molecular flexibility index (Phi) is 9.58. The Hall–Kier alpha value is -1.38. The molecule has 1 heterocycles. The molecule has 3 nitrogen and oxygen atoms in total. The topological polar surface area (TPSA) is 37.4 Å². The summed E-state index contributed by atoms with van der Waals surface area (Å²) in [6.45, 7) is 6.01. The number of Topliss-reactive ketones (excluding diaryl/α,β-unsaturated/α-hetero) is 1. The molecule has 0 fully saturated rings. The molecular formula is C20H33NO2. The molecule has 3 heteroatoms. The molecule has 1 aliphatic heterocycles. The van der Waals surface area contributed by atoms with E-state index in [4.69, 9.17) is 0 Å². The molecule has 0 saturated heterocycles. The highest BCUT2D eigenvalue weighted by Gasteiger charge is 2.24. The minimum absolute atomic E-state index is 0.254. The predicted molar refractivity (Wildman–Crippen MR) is 95.8 cm³/mol. The van der Waals surface area contributed by atoms with Gasteiger partial charge in [-0.2, -0.15) is 0 Å². The van der Waals surface area contributed by atoms with E-state index in [2.05, 4.69) is 6.92 Å². The first-order valence-corrected chi connectivity index (χ1v) is 9.28. The van der Waals surface area contributed by atoms with Crippen LogP contribution in [0, 0.1) is 0 Å². The van der Waals surface area contributed by atoms with Gasteiger partial charge >= 0.3 is 0 Å². The summed E-state index contributed by atoms with van der Waals surface area (Å²) in [5, 5.41) is 0. The molecule has 0 spiro atoms. The molecular weight excluding hydrogens is 286 g/mol. The summed E-state index contributed by atoms with van der Waals surface area (Å²) < 4.78 is 0. The van der Waals surface area contributed by atoms with Gasteiger partial charge in [-0.15, -0.1) is 0 Å². The Balaban J connectivity index is 2.16. The number of ketones is 1. The molecule has 1 rings (SSSR count). The summed E-state index contributed by atoms with van der Waals surface area (Å²) in [6.07, 6.45) is 16.1. The van der Waals surface area contributed by atoms with Crippen molar-refractivity contribution < 1.29 is 9.59 Å². The van der Waals surface area contributed by atoms with Gasteiger partial charge in [-0.05, 0) is 26.7 Å². The first-order valence-electron chi connectivity index (χ1n) is 9.28. The van der Waals surface area contributed by atoms with Crippen LogP contribution in [0.4, 0.5) is 0 Å². The van der Waals surface area contributed by atoms with Gasteiger partial charge in [0.1, 0.15) is 0 Å². The Morgan fingerprint density at radius 2 is 1.35 bits per heavy atom. The van der Waals surface area contributed by atoms with E-state index in [1.807, 2.05) is 26.0 Å². The number of hydrogen-bond acceptors (Lipinski definition) is 2. The number of hydrogen-bond donors (Lipinski definition) is 0. The van der Waals surface area contributed by atoms with Crippen LogP contribution in [-0.2, 0) is 9.59 Å². The highest BCUT2D eigenvalue weighted by Crippen LogP contribution is 2.20. The number of amides is 1. The van der Waals surface area contributed by atoms with Gasteiger partial charge in [-0.25, -0.2) is 0 Å². The summed E-state index contributed by atoms with van der Waals surface area (Å²) in [5.74, 6) is -0.623. The quantitative estimate of drug-likeness (QED) is 0.371. The summed E-state index contributed by atoms with van der Waals surface area (Å²) in [4.78, 5) is 25.9. The monoisotopic (exact) mass is 319 g/mol. The highest BCUT2D eigenvalue weighted by atomic mass is 16.2. The van der Waals surface area contributed by atoms with Crippen molar-refractivity contribution in [2.45, 2.75) is 91.4 Å². The summed E-state index contributed by atoms with van der Waals surface area (Å²) >= 11 is 0. The van der Waals surface area contributed by atoms with Crippen molar-refractivity contribution in [1.82, 2.24) is 4.90 Å². The zero-order chi connectivity index (χ0) is 17.1. The third kappa shape index (κ3) is 7.15. The van der Waals surface area contributed by atoms with Crippen LogP contribution in [0.25, 0.3) is 0 Å². The molecule has 0 saturated carbocycles. The first-order chi connectivity index (χ1) is 11.1. The molecule has 0 aromatic heterocycles. The largest absolute Gasteiger partial charge is 0.298 e. The van der Waals surface area contributed by atoms with E-state index in [0.29, 0.717) is 6.42 Å². The van der Waals surface area contributed by atoms with Gasteiger partial charge in [0.2, 0.25) is 5.78 Å². The summed E-state index contributed by atoms with van der Waals surface area (Å²) in [6, 6.07) is 0. The lowest BCUT2D eigenvalue weighted by molar-refractivity contribution is -0.142. The fourth-order valence-corrected chi connectivity index (χ4v) is 3.01. The fraction of sp³-hybridized carbons (Fsp3) is 0.700. The van der Waals surface area contributed by atoms with Crippen LogP contribution in [-0.4, -0.2) is 16.6 Å². The number of carbonyl (C=O) groups excluding carboxylic acids is 2. The molecule has 0 N–H and O–H groups in total. The van der Waals surface area contributed by atoms with E-state index < -0.39 is 0 Å². The van der Waals surface area contributed by atoms with E-state index in [1.165, 1.54) is 44.9 Å². The van der Waals surface area contributed by atoms with Crippen LogP contribution in [0.5, 0.6) is 0 Å². The highest BCUT2D eigenvalue weighted by molar-refractivity contribution is 6.36. The standard InChI is InChI=1S/C20H33NO2/c1-4-5-6-7-8-9-10-11-12-16-19(22)20(23)21-17(2)14-13-15-18(21)3/h14-15H,4-13,16H2,1-3H3. The van der Waals surface area contributed by atoms with Crippen molar-refractivity contribution in [1.29, 1.82) is 0 Å². The van der Waals surface area contributed by atoms with Gasteiger partial charge < -0.3 is 0 Å². The minimum Gasteiger partial charge on any atom is -0.289 e. The fourth-order valence-electron chi connectivity index (χ4n) is 3.01. The lowest BCUT2D eigenvalue weighted by atomic mass is 10.0. The normalized spacial score (nSPS) is 14.5. The molecule has 0 aromatic rings. The number of carbonyl (C=O) groups is 2. The van der Waals surface area contributed by atoms with Gasteiger partial charge in [0.25, 0.3) is 5.91 Å². The summed E-state index contributed by atoms with van der Waals surface area (Å²) in [7, 11) is 0. The number of nitrogens with zero attached hydrogens (tertiary/aromatic N) is 1. The van der Waals surface area contributed by atoms with Crippen LogP contribution in [0.3, 0.4) is 0 Å². The molecule has 1 amide bonds. The molecule has 1 aliphatic rings. The molecule has 0 radical (unpaired) electrons. The molecule has 0 atom stereocenters. The van der Waals surface area contributed by atoms with E-state index in [0.717, 1.165) is 30.7 Å². The lowest BCUT2D eigenvalue weighted by Crippen LogP contribution is -2.34. The molecule has 0 bridgehead atoms. The predicted octanol–water partition coefficient (Wildman–Crippen LogP) is 5.52. The zero-order valence-electron chi connectivity index (χ0n) is 15.2. The Morgan fingerprint density at radius 1 is 0.870 bits per heavy atom. The van der Waals surface area contributed by atoms with Gasteiger partial charge in [0, 0.05) is 17.8 Å². The van der Waals surface area contributed by atoms with Crippen LogP contribution < -0.4 is 0 Å². The van der Waals surface area contributed by atoms with E-state index in [-0.39, 0.29) is 11.7 Å². The smallest absolute Gasteiger partial charge is 0.289 e. The van der Waals surface area contributed by atoms with Gasteiger partial charge in [0.15, 0.2) is 0 Å². The third-order valence-corrected chi connectivity index (χ3v) is 4.48. The SMILES string of the molecule is CCCCCCCCCCCC(=O)C(=O)N1C(C)=CCC=C1C. The summed E-state index contributed by atoms with van der Waals surface area (Å²) in [5.41, 5.74) is 1.74. The van der Waals surface area contributed by atoms with Gasteiger partial charge in [-0.1, -0.05) is 70.4 Å². The second kappa shape index (κ2) is 11.2. The maximum Gasteiger partial charge on any atom is 0.298 e. The van der Waals surface area contributed by atoms with Gasteiger partial charge in [-0.3, -0.25) is 14.5 Å². The van der Waals surface area contributed by atoms with Crippen molar-refractivity contribution in [2.75, 3.05) is 0 Å². The number of allylic oxidation sites excluding steroid dienone is 4. The second-order valence-corrected chi connectivity index (χ2v) is 6.57. The zero-order valence-corrected chi connectivity index (χ0v) is 15.2. The van der Waals surface area contributed by atoms with E-state index in [1.54, 1.807) is 4.90 Å². The van der Waals surface area contributed by atoms with Crippen molar-refractivity contribution in [3.63, 3.8) is 0 Å². The van der Waals surface area contributed by atoms with E-state index >= 15 is 0 Å². The average molecular weight is 319 g/mol. The molecule has 130 valence electrons. The number of rotatable bonds is 11. The maximum absolute atomic E-state index is 12.3. The Morgan fingerprint density at radius 3 is 1.87 bits per heavy atom. The molecule has 23 heavy (non-hydrogen) atoms. The van der Waals surface area contributed by atoms with Crippen molar-refractivity contribution >= 4 is 11.7 Å². The minimum atomic E-state index is -0.369. The van der Waals surface area contributed by atoms with Crippen LogP contribution in [0.1, 0.15) is 91.4 Å². The molecule has 0 aliphatic carbocycles. The average Bonchev–Trinajstić information content (AvgIpc) is 2.52. The first kappa shape index (κ1) is 19.7. The Labute approximate surface area is 141 Å². The van der Waals surface area contributed by atoms with Crippen LogP contribution in [0.2, 0.25) is 0 Å².